The van der Waals surface area contributed by atoms with Crippen LogP contribution >= 0.6 is 0 Å². The van der Waals surface area contributed by atoms with Gasteiger partial charge in [-0.2, -0.15) is 0 Å². The van der Waals surface area contributed by atoms with Gasteiger partial charge in [-0.05, 0) is 48.8 Å². The molecule has 4 heteroatoms. The van der Waals surface area contributed by atoms with E-state index >= 15 is 0 Å². The largest absolute Gasteiger partial charge is 0.481 e. The maximum absolute atomic E-state index is 12.3. The number of terminal acetylenes is 1. The van der Waals surface area contributed by atoms with Gasteiger partial charge in [-0.3, -0.25) is 4.79 Å². The molecule has 1 spiro atoms. The molecule has 1 saturated carbocycles. The van der Waals surface area contributed by atoms with Crippen molar-refractivity contribution in [2.45, 2.75) is 25.7 Å². The molecule has 0 radical (unpaired) electrons. The van der Waals surface area contributed by atoms with E-state index in [1.807, 2.05) is 24.3 Å². The first-order chi connectivity index (χ1) is 11.2. The summed E-state index contributed by atoms with van der Waals surface area (Å²) in [5, 5.41) is 3.08. The molecule has 1 atom stereocenters. The predicted octanol–water partition coefficient (Wildman–Crippen LogP) is 2.17. The summed E-state index contributed by atoms with van der Waals surface area (Å²) in [6.07, 6.45) is 9.08. The molecule has 1 aliphatic heterocycles. The minimum atomic E-state index is 0.200. The second-order valence-corrected chi connectivity index (χ2v) is 6.41. The smallest absolute Gasteiger partial charge is 0.223 e. The highest BCUT2D eigenvalue weighted by atomic mass is 16.5. The van der Waals surface area contributed by atoms with Crippen molar-refractivity contribution in [3.8, 4) is 18.1 Å². The molecule has 122 valence electrons. The summed E-state index contributed by atoms with van der Waals surface area (Å²) < 4.78 is 10.7. The van der Waals surface area contributed by atoms with E-state index in [1.165, 1.54) is 5.56 Å². The zero-order valence-electron chi connectivity index (χ0n) is 13.3. The Morgan fingerprint density at radius 3 is 2.78 bits per heavy atom. The second kappa shape index (κ2) is 7.06. The van der Waals surface area contributed by atoms with Gasteiger partial charge in [0.2, 0.25) is 5.91 Å². The van der Waals surface area contributed by atoms with E-state index in [2.05, 4.69) is 11.2 Å². The van der Waals surface area contributed by atoms with Crippen molar-refractivity contribution >= 4 is 5.91 Å². The third kappa shape index (κ3) is 3.86. The number of carbonyl (C=O) groups excluding carboxylic acids is 1. The lowest BCUT2D eigenvalue weighted by Gasteiger charge is -2.22. The normalized spacial score (nSPS) is 21.4. The molecule has 4 nitrogen and oxygen atoms in total. The minimum Gasteiger partial charge on any atom is -0.481 e. The number of carbonyl (C=O) groups is 1. The number of rotatable bonds is 6. The van der Waals surface area contributed by atoms with Gasteiger partial charge in [0, 0.05) is 25.7 Å². The Balaban J connectivity index is 1.39. The van der Waals surface area contributed by atoms with Crippen molar-refractivity contribution in [2.24, 2.45) is 11.3 Å². The van der Waals surface area contributed by atoms with Crippen LogP contribution in [0.25, 0.3) is 0 Å². The van der Waals surface area contributed by atoms with Gasteiger partial charge < -0.3 is 14.8 Å². The summed E-state index contributed by atoms with van der Waals surface area (Å²) in [4.78, 5) is 12.3. The molecule has 1 amide bonds. The van der Waals surface area contributed by atoms with E-state index < -0.39 is 0 Å². The van der Waals surface area contributed by atoms with Gasteiger partial charge in [0.25, 0.3) is 0 Å². The van der Waals surface area contributed by atoms with Gasteiger partial charge in [-0.25, -0.2) is 0 Å². The molecule has 1 aromatic rings. The Labute approximate surface area is 137 Å². The van der Waals surface area contributed by atoms with Crippen molar-refractivity contribution in [2.75, 3.05) is 26.4 Å². The first-order valence-electron chi connectivity index (χ1n) is 8.24. The van der Waals surface area contributed by atoms with Crippen molar-refractivity contribution in [1.29, 1.82) is 0 Å². The van der Waals surface area contributed by atoms with Gasteiger partial charge in [-0.1, -0.05) is 18.1 Å². The quantitative estimate of drug-likeness (QED) is 0.819. The number of nitrogens with one attached hydrogen (secondary N) is 1. The Kier molecular flexibility index (Phi) is 4.88. The number of amides is 1. The van der Waals surface area contributed by atoms with Gasteiger partial charge in [0.1, 0.15) is 12.4 Å². The van der Waals surface area contributed by atoms with Crippen LogP contribution in [0.3, 0.4) is 0 Å². The molecule has 1 saturated heterocycles. The summed E-state index contributed by atoms with van der Waals surface area (Å²) in [5.41, 5.74) is 1.42. The standard InChI is InChI=1S/C19H23NO3/c1-2-11-23-16-5-3-15(4-6-16)7-10-20-18(21)17-14-19(17)8-12-22-13-9-19/h1,3-6,17H,7-14H2,(H,20,21)/t17-/m0/s1. The van der Waals surface area contributed by atoms with Crippen LogP contribution in [0.15, 0.2) is 24.3 Å². The number of benzene rings is 1. The lowest BCUT2D eigenvalue weighted by atomic mass is 9.93. The first kappa shape index (κ1) is 15.9. The van der Waals surface area contributed by atoms with Gasteiger partial charge in [0.05, 0.1) is 0 Å². The first-order valence-corrected chi connectivity index (χ1v) is 8.24. The molecule has 23 heavy (non-hydrogen) atoms. The highest BCUT2D eigenvalue weighted by molar-refractivity contribution is 5.82. The van der Waals surface area contributed by atoms with E-state index in [-0.39, 0.29) is 23.8 Å². The molecule has 0 bridgehead atoms. The summed E-state index contributed by atoms with van der Waals surface area (Å²) in [5.74, 6) is 3.62. The van der Waals surface area contributed by atoms with E-state index in [0.717, 1.165) is 44.6 Å². The van der Waals surface area contributed by atoms with Crippen LogP contribution in [-0.4, -0.2) is 32.3 Å². The molecule has 2 fully saturated rings. The number of hydrogen-bond donors (Lipinski definition) is 1. The lowest BCUT2D eigenvalue weighted by molar-refractivity contribution is -0.123. The third-order valence-electron chi connectivity index (χ3n) is 4.95. The van der Waals surface area contributed by atoms with Crippen molar-refractivity contribution in [1.82, 2.24) is 5.32 Å². The molecule has 2 aliphatic rings. The second-order valence-electron chi connectivity index (χ2n) is 6.41. The van der Waals surface area contributed by atoms with Crippen LogP contribution in [0.1, 0.15) is 24.8 Å². The van der Waals surface area contributed by atoms with E-state index in [0.29, 0.717) is 6.54 Å². The molecular formula is C19H23NO3. The molecule has 3 rings (SSSR count). The van der Waals surface area contributed by atoms with Crippen LogP contribution in [0.5, 0.6) is 5.75 Å². The lowest BCUT2D eigenvalue weighted by Crippen LogP contribution is -2.31. The van der Waals surface area contributed by atoms with E-state index in [4.69, 9.17) is 15.9 Å². The van der Waals surface area contributed by atoms with Crippen LogP contribution < -0.4 is 10.1 Å². The Morgan fingerprint density at radius 2 is 2.09 bits per heavy atom. The molecule has 1 N–H and O–H groups in total. The fraction of sp³-hybridized carbons (Fsp3) is 0.526. The van der Waals surface area contributed by atoms with Gasteiger partial charge in [-0.15, -0.1) is 6.42 Å². The zero-order valence-corrected chi connectivity index (χ0v) is 13.3. The fourth-order valence-corrected chi connectivity index (χ4v) is 3.38. The molecule has 1 aliphatic carbocycles. The summed E-state index contributed by atoms with van der Waals surface area (Å²) >= 11 is 0. The Bertz CT molecular complexity index is 582. The molecule has 0 aromatic heterocycles. The molecule has 1 heterocycles. The van der Waals surface area contributed by atoms with E-state index in [9.17, 15) is 4.79 Å². The van der Waals surface area contributed by atoms with Crippen LogP contribution in [-0.2, 0) is 16.0 Å². The highest BCUT2D eigenvalue weighted by Crippen LogP contribution is 2.59. The molecular weight excluding hydrogens is 290 g/mol. The van der Waals surface area contributed by atoms with Crippen LogP contribution in [0.4, 0.5) is 0 Å². The summed E-state index contributed by atoms with van der Waals surface area (Å²) in [6.45, 7) is 2.56. The third-order valence-corrected chi connectivity index (χ3v) is 4.95. The van der Waals surface area contributed by atoms with Gasteiger partial charge in [0.15, 0.2) is 0 Å². The maximum atomic E-state index is 12.3. The maximum Gasteiger partial charge on any atom is 0.223 e. The average molecular weight is 313 g/mol. The number of ether oxygens (including phenoxy) is 2. The predicted molar refractivity (Wildman–Crippen MR) is 88.1 cm³/mol. The minimum absolute atomic E-state index is 0.200. The van der Waals surface area contributed by atoms with Crippen molar-refractivity contribution in [3.05, 3.63) is 29.8 Å². The van der Waals surface area contributed by atoms with Crippen molar-refractivity contribution in [3.63, 3.8) is 0 Å². The topological polar surface area (TPSA) is 47.6 Å². The SMILES string of the molecule is C#CCOc1ccc(CCNC(=O)[C@@H]2CC23CCOCC3)cc1. The summed E-state index contributed by atoms with van der Waals surface area (Å²) in [7, 11) is 0. The fourth-order valence-electron chi connectivity index (χ4n) is 3.38. The Morgan fingerprint density at radius 1 is 1.35 bits per heavy atom. The van der Waals surface area contributed by atoms with Crippen LogP contribution in [0.2, 0.25) is 0 Å². The van der Waals surface area contributed by atoms with E-state index in [1.54, 1.807) is 0 Å². The molecule has 1 aromatic carbocycles. The zero-order chi connectivity index (χ0) is 16.1. The monoisotopic (exact) mass is 313 g/mol. The van der Waals surface area contributed by atoms with Crippen molar-refractivity contribution < 1.29 is 14.3 Å². The highest BCUT2D eigenvalue weighted by Gasteiger charge is 2.57. The average Bonchev–Trinajstić information content (AvgIpc) is 3.28. The summed E-state index contributed by atoms with van der Waals surface area (Å²) in [6, 6.07) is 7.84. The number of hydrogen-bond acceptors (Lipinski definition) is 3. The van der Waals surface area contributed by atoms with Gasteiger partial charge >= 0.3 is 0 Å². The molecule has 0 unspecified atom stereocenters. The Hall–Kier alpha value is -1.99. The van der Waals surface area contributed by atoms with Crippen LogP contribution in [0, 0.1) is 23.7 Å².